The molecule has 0 heterocycles. The Morgan fingerprint density at radius 2 is 1.92 bits per heavy atom. The van der Waals surface area contributed by atoms with Crippen LogP contribution in [0.3, 0.4) is 0 Å². The summed E-state index contributed by atoms with van der Waals surface area (Å²) in [6, 6.07) is 5.30. The lowest BCUT2D eigenvalue weighted by Gasteiger charge is -2.31. The summed E-state index contributed by atoms with van der Waals surface area (Å²) in [6.07, 6.45) is 5.75. The van der Waals surface area contributed by atoms with Crippen LogP contribution < -0.4 is 10.5 Å². The monoisotopic (exact) mass is 332 g/mol. The Hall–Kier alpha value is -2.04. The Bertz CT molecular complexity index is 592. The first-order chi connectivity index (χ1) is 11.4. The van der Waals surface area contributed by atoms with Gasteiger partial charge in [0.15, 0.2) is 12.4 Å². The maximum Gasteiger partial charge on any atom is 0.260 e. The lowest BCUT2D eigenvalue weighted by atomic mass is 9.94. The summed E-state index contributed by atoms with van der Waals surface area (Å²) in [5.74, 6) is 0.368. The van der Waals surface area contributed by atoms with E-state index in [0.717, 1.165) is 12.8 Å². The number of amides is 1. The summed E-state index contributed by atoms with van der Waals surface area (Å²) in [5, 5.41) is 0. The van der Waals surface area contributed by atoms with Crippen LogP contribution >= 0.6 is 0 Å². The molecule has 0 atom stereocenters. The van der Waals surface area contributed by atoms with Crippen LogP contribution in [0.4, 0.5) is 5.69 Å². The molecule has 0 aliphatic heterocycles. The van der Waals surface area contributed by atoms with Crippen molar-refractivity contribution in [1.82, 2.24) is 4.90 Å². The number of Topliss-reactive ketones (excluding diaryl/α,β-unsaturated/α-hetero) is 1. The van der Waals surface area contributed by atoms with Crippen LogP contribution in [0.25, 0.3) is 0 Å². The van der Waals surface area contributed by atoms with E-state index >= 15 is 0 Å². The number of ether oxygens (including phenoxy) is 1. The molecule has 1 aromatic carbocycles. The molecule has 1 fully saturated rings. The second-order valence-electron chi connectivity index (χ2n) is 6.86. The number of benzene rings is 1. The zero-order valence-electron chi connectivity index (χ0n) is 14.9. The fourth-order valence-electron chi connectivity index (χ4n) is 3.08. The maximum atomic E-state index is 12.3. The van der Waals surface area contributed by atoms with Crippen molar-refractivity contribution in [3.63, 3.8) is 0 Å². The van der Waals surface area contributed by atoms with E-state index in [0.29, 0.717) is 23.0 Å². The molecular formula is C19H28N2O3. The number of nitrogens with two attached hydrogens (primary N) is 1. The topological polar surface area (TPSA) is 72.6 Å². The highest BCUT2D eigenvalue weighted by atomic mass is 16.5. The number of nitrogens with zero attached hydrogens (tertiary/aromatic N) is 1. The van der Waals surface area contributed by atoms with Gasteiger partial charge in [0.2, 0.25) is 0 Å². The number of likely N-dealkylation sites (N-methyl/N-ethyl adjacent to an activating group) is 1. The van der Waals surface area contributed by atoms with Gasteiger partial charge in [-0.05, 0) is 31.0 Å². The summed E-state index contributed by atoms with van der Waals surface area (Å²) < 4.78 is 5.58. The third-order valence-corrected chi connectivity index (χ3v) is 4.69. The molecule has 2 rings (SSSR count). The van der Waals surface area contributed by atoms with Crippen LogP contribution in [0.2, 0.25) is 0 Å². The molecule has 5 heteroatoms. The van der Waals surface area contributed by atoms with Gasteiger partial charge in [0.1, 0.15) is 5.75 Å². The van der Waals surface area contributed by atoms with Gasteiger partial charge in [-0.2, -0.15) is 0 Å². The van der Waals surface area contributed by atoms with E-state index in [1.165, 1.54) is 19.3 Å². The van der Waals surface area contributed by atoms with Crippen LogP contribution in [0.1, 0.15) is 56.3 Å². The molecule has 1 aliphatic carbocycles. The van der Waals surface area contributed by atoms with Crippen molar-refractivity contribution >= 4 is 17.4 Å². The molecule has 0 saturated heterocycles. The van der Waals surface area contributed by atoms with Gasteiger partial charge in [0, 0.05) is 24.6 Å². The normalized spacial score (nSPS) is 15.3. The number of hydrogen-bond acceptors (Lipinski definition) is 4. The largest absolute Gasteiger partial charge is 0.482 e. The minimum absolute atomic E-state index is 0.0331. The maximum absolute atomic E-state index is 12.3. The average molecular weight is 332 g/mol. The second kappa shape index (κ2) is 8.18. The molecule has 0 unspecified atom stereocenters. The third-order valence-electron chi connectivity index (χ3n) is 4.69. The van der Waals surface area contributed by atoms with Gasteiger partial charge in [-0.3, -0.25) is 9.59 Å². The van der Waals surface area contributed by atoms with E-state index in [1.807, 2.05) is 20.9 Å². The fourth-order valence-corrected chi connectivity index (χ4v) is 3.08. The van der Waals surface area contributed by atoms with E-state index in [4.69, 9.17) is 10.5 Å². The molecule has 0 radical (unpaired) electrons. The van der Waals surface area contributed by atoms with E-state index in [-0.39, 0.29) is 24.2 Å². The molecule has 24 heavy (non-hydrogen) atoms. The SMILES string of the molecule is CC(C)C(=O)c1ccc(OCC(=O)N(C)C2CCCCC2)c(N)c1. The molecule has 1 aromatic rings. The van der Waals surface area contributed by atoms with Gasteiger partial charge in [0.05, 0.1) is 5.69 Å². The number of hydrogen-bond donors (Lipinski definition) is 1. The molecule has 1 saturated carbocycles. The van der Waals surface area contributed by atoms with Gasteiger partial charge in [0.25, 0.3) is 5.91 Å². The number of ketones is 1. The Balaban J connectivity index is 1.93. The molecule has 1 aliphatic rings. The molecule has 1 amide bonds. The first-order valence-electron chi connectivity index (χ1n) is 8.72. The van der Waals surface area contributed by atoms with Gasteiger partial charge in [-0.25, -0.2) is 0 Å². The van der Waals surface area contributed by atoms with Crippen molar-refractivity contribution in [2.24, 2.45) is 5.92 Å². The zero-order valence-corrected chi connectivity index (χ0v) is 14.9. The van der Waals surface area contributed by atoms with Crippen LogP contribution in [-0.4, -0.2) is 36.3 Å². The highest BCUT2D eigenvalue weighted by Crippen LogP contribution is 2.25. The van der Waals surface area contributed by atoms with Crippen molar-refractivity contribution in [1.29, 1.82) is 0 Å². The molecule has 0 aromatic heterocycles. The number of nitrogen functional groups attached to an aromatic ring is 1. The number of carbonyl (C=O) groups is 2. The number of carbonyl (C=O) groups excluding carboxylic acids is 2. The summed E-state index contributed by atoms with van der Waals surface area (Å²) in [6.45, 7) is 3.67. The van der Waals surface area contributed by atoms with Crippen molar-refractivity contribution in [2.75, 3.05) is 19.4 Å². The minimum atomic E-state index is -0.0816. The Morgan fingerprint density at radius 3 is 2.50 bits per heavy atom. The fraction of sp³-hybridized carbons (Fsp3) is 0.579. The summed E-state index contributed by atoms with van der Waals surface area (Å²) in [7, 11) is 1.84. The Morgan fingerprint density at radius 1 is 1.25 bits per heavy atom. The highest BCUT2D eigenvalue weighted by Gasteiger charge is 2.22. The van der Waals surface area contributed by atoms with Crippen molar-refractivity contribution in [3.8, 4) is 5.75 Å². The van der Waals surface area contributed by atoms with Crippen molar-refractivity contribution < 1.29 is 14.3 Å². The van der Waals surface area contributed by atoms with Crippen LogP contribution in [-0.2, 0) is 4.79 Å². The first kappa shape index (κ1) is 18.3. The van der Waals surface area contributed by atoms with E-state index in [2.05, 4.69) is 0 Å². The lowest BCUT2D eigenvalue weighted by molar-refractivity contribution is -0.134. The second-order valence-corrected chi connectivity index (χ2v) is 6.86. The Kier molecular flexibility index (Phi) is 6.23. The van der Waals surface area contributed by atoms with Gasteiger partial charge >= 0.3 is 0 Å². The predicted octanol–water partition coefficient (Wildman–Crippen LogP) is 3.28. The molecule has 132 valence electrons. The van der Waals surface area contributed by atoms with E-state index < -0.39 is 0 Å². The molecular weight excluding hydrogens is 304 g/mol. The molecule has 0 spiro atoms. The standard InChI is InChI=1S/C19H28N2O3/c1-13(2)19(23)14-9-10-17(16(20)11-14)24-12-18(22)21(3)15-7-5-4-6-8-15/h9-11,13,15H,4-8,12,20H2,1-3H3. The van der Waals surface area contributed by atoms with E-state index in [1.54, 1.807) is 23.1 Å². The van der Waals surface area contributed by atoms with E-state index in [9.17, 15) is 9.59 Å². The number of rotatable bonds is 6. The average Bonchev–Trinajstić information content (AvgIpc) is 2.59. The van der Waals surface area contributed by atoms with Crippen LogP contribution in [0.5, 0.6) is 5.75 Å². The number of anilines is 1. The minimum Gasteiger partial charge on any atom is -0.482 e. The summed E-state index contributed by atoms with van der Waals surface area (Å²) in [4.78, 5) is 26.1. The zero-order chi connectivity index (χ0) is 17.7. The van der Waals surface area contributed by atoms with Gasteiger partial charge in [-0.1, -0.05) is 33.1 Å². The van der Waals surface area contributed by atoms with Crippen LogP contribution in [0.15, 0.2) is 18.2 Å². The van der Waals surface area contributed by atoms with Gasteiger partial charge in [-0.15, -0.1) is 0 Å². The summed E-state index contributed by atoms with van der Waals surface area (Å²) >= 11 is 0. The van der Waals surface area contributed by atoms with Crippen molar-refractivity contribution in [3.05, 3.63) is 23.8 Å². The smallest absolute Gasteiger partial charge is 0.260 e. The van der Waals surface area contributed by atoms with Gasteiger partial charge < -0.3 is 15.4 Å². The highest BCUT2D eigenvalue weighted by molar-refractivity contribution is 5.98. The molecule has 2 N–H and O–H groups in total. The summed E-state index contributed by atoms with van der Waals surface area (Å²) in [5.41, 5.74) is 6.92. The first-order valence-corrected chi connectivity index (χ1v) is 8.72. The van der Waals surface area contributed by atoms with Crippen molar-refractivity contribution in [2.45, 2.75) is 52.0 Å². The quantitative estimate of drug-likeness (QED) is 0.641. The lowest BCUT2D eigenvalue weighted by Crippen LogP contribution is -2.40. The Labute approximate surface area is 144 Å². The van der Waals surface area contributed by atoms with Crippen LogP contribution in [0, 0.1) is 5.92 Å². The molecule has 0 bridgehead atoms. The molecule has 5 nitrogen and oxygen atoms in total. The third kappa shape index (κ3) is 4.49. The predicted molar refractivity (Wildman–Crippen MR) is 95.2 cm³/mol.